The van der Waals surface area contributed by atoms with E-state index < -0.39 is 29.0 Å². The van der Waals surface area contributed by atoms with E-state index in [2.05, 4.69) is 14.8 Å². The number of nitrogens with one attached hydrogen (secondary N) is 1. The summed E-state index contributed by atoms with van der Waals surface area (Å²) in [4.78, 5) is 26.7. The Hall–Kier alpha value is -2.32. The Bertz CT molecular complexity index is 730. The summed E-state index contributed by atoms with van der Waals surface area (Å²) in [6.07, 6.45) is -4.74. The molecule has 0 aliphatic heterocycles. The highest BCUT2D eigenvalue weighted by atomic mass is 19.4. The van der Waals surface area contributed by atoms with Crippen molar-refractivity contribution in [2.24, 2.45) is 0 Å². The zero-order valence-corrected chi connectivity index (χ0v) is 10.5. The molecule has 2 rings (SSSR count). The summed E-state index contributed by atoms with van der Waals surface area (Å²) in [5.41, 5.74) is -3.17. The van der Waals surface area contributed by atoms with Gasteiger partial charge in [-0.05, 0) is 13.8 Å². The van der Waals surface area contributed by atoms with Gasteiger partial charge in [-0.15, -0.1) is 0 Å². The zero-order chi connectivity index (χ0) is 15.1. The Morgan fingerprint density at radius 3 is 2.70 bits per heavy atom. The van der Waals surface area contributed by atoms with Gasteiger partial charge in [0.05, 0.1) is 6.61 Å². The van der Waals surface area contributed by atoms with Gasteiger partial charge in [0.25, 0.3) is 5.56 Å². The molecule has 0 saturated carbocycles. The fourth-order valence-corrected chi connectivity index (χ4v) is 1.70. The molecule has 0 aromatic carbocycles. The van der Waals surface area contributed by atoms with Crippen molar-refractivity contribution < 1.29 is 22.7 Å². The van der Waals surface area contributed by atoms with Gasteiger partial charge in [-0.2, -0.15) is 13.2 Å². The van der Waals surface area contributed by atoms with Crippen LogP contribution < -0.4 is 5.56 Å². The number of fused-ring (bicyclic) bond motifs is 1. The van der Waals surface area contributed by atoms with Crippen LogP contribution in [0.3, 0.4) is 0 Å². The van der Waals surface area contributed by atoms with E-state index in [1.807, 2.05) is 0 Å². The number of halogens is 3. The predicted octanol–water partition coefficient (Wildman–Crippen LogP) is 1.53. The standard InChI is InChI=1S/C11H10F3N3O3/c1-3-20-10(19)6-4-7-15-8(11(12,13)14)5(2)9(18)17(7)16-6/h4,16H,3H2,1-2H3. The summed E-state index contributed by atoms with van der Waals surface area (Å²) in [6.45, 7) is 2.70. The number of aromatic nitrogens is 3. The molecular weight excluding hydrogens is 279 g/mol. The first-order valence-electron chi connectivity index (χ1n) is 5.62. The molecular formula is C11H10F3N3O3. The number of rotatable bonds is 2. The maximum absolute atomic E-state index is 12.7. The minimum absolute atomic E-state index is 0.101. The van der Waals surface area contributed by atoms with Gasteiger partial charge in [-0.3, -0.25) is 9.89 Å². The second kappa shape index (κ2) is 4.66. The molecule has 20 heavy (non-hydrogen) atoms. The van der Waals surface area contributed by atoms with Crippen LogP contribution in [0.15, 0.2) is 10.9 Å². The first kappa shape index (κ1) is 14.1. The molecule has 0 amide bonds. The lowest BCUT2D eigenvalue weighted by molar-refractivity contribution is -0.141. The molecule has 9 heteroatoms. The summed E-state index contributed by atoms with van der Waals surface area (Å²) in [5.74, 6) is -0.774. The Labute approximate surface area is 110 Å². The van der Waals surface area contributed by atoms with Crippen molar-refractivity contribution in [2.75, 3.05) is 6.61 Å². The van der Waals surface area contributed by atoms with Crippen LogP contribution in [0.4, 0.5) is 13.2 Å². The fraction of sp³-hybridized carbons (Fsp3) is 0.364. The molecule has 0 fully saturated rings. The Morgan fingerprint density at radius 1 is 1.50 bits per heavy atom. The molecule has 0 unspecified atom stereocenters. The zero-order valence-electron chi connectivity index (χ0n) is 10.5. The molecule has 2 aromatic rings. The van der Waals surface area contributed by atoms with Gasteiger partial charge in [0.2, 0.25) is 0 Å². The molecule has 0 atom stereocenters. The normalized spacial score (nSPS) is 11.8. The number of hydrogen-bond acceptors (Lipinski definition) is 4. The number of nitrogens with zero attached hydrogens (tertiary/aromatic N) is 2. The van der Waals surface area contributed by atoms with Gasteiger partial charge >= 0.3 is 12.1 Å². The van der Waals surface area contributed by atoms with Gasteiger partial charge in [0, 0.05) is 11.6 Å². The molecule has 108 valence electrons. The topological polar surface area (TPSA) is 76.5 Å². The Balaban J connectivity index is 2.67. The van der Waals surface area contributed by atoms with Crippen molar-refractivity contribution in [3.8, 4) is 0 Å². The number of carbonyl (C=O) groups is 1. The van der Waals surface area contributed by atoms with Gasteiger partial charge in [0.15, 0.2) is 11.3 Å². The van der Waals surface area contributed by atoms with Crippen molar-refractivity contribution in [3.63, 3.8) is 0 Å². The van der Waals surface area contributed by atoms with E-state index in [4.69, 9.17) is 0 Å². The van der Waals surface area contributed by atoms with Crippen LogP contribution in [0.2, 0.25) is 0 Å². The molecule has 0 saturated heterocycles. The van der Waals surface area contributed by atoms with E-state index in [-0.39, 0.29) is 17.9 Å². The van der Waals surface area contributed by atoms with E-state index in [0.717, 1.165) is 17.5 Å². The average Bonchev–Trinajstić information content (AvgIpc) is 2.77. The minimum atomic E-state index is -4.74. The van der Waals surface area contributed by atoms with E-state index in [0.29, 0.717) is 0 Å². The SMILES string of the molecule is CCOC(=O)c1cc2nc(C(F)(F)F)c(C)c(=O)n2[nH]1. The van der Waals surface area contributed by atoms with E-state index in [9.17, 15) is 22.8 Å². The summed E-state index contributed by atoms with van der Waals surface area (Å²) in [6, 6.07) is 1.04. The molecule has 0 spiro atoms. The smallest absolute Gasteiger partial charge is 0.433 e. The van der Waals surface area contributed by atoms with E-state index in [1.54, 1.807) is 6.92 Å². The van der Waals surface area contributed by atoms with Crippen LogP contribution in [0.1, 0.15) is 28.7 Å². The number of alkyl halides is 3. The van der Waals surface area contributed by atoms with Gasteiger partial charge in [0.1, 0.15) is 5.69 Å². The third kappa shape index (κ3) is 2.26. The molecule has 6 nitrogen and oxygen atoms in total. The van der Waals surface area contributed by atoms with Gasteiger partial charge < -0.3 is 4.74 Å². The summed E-state index contributed by atoms with van der Waals surface area (Å²) in [5, 5.41) is 2.37. The van der Waals surface area contributed by atoms with E-state index in [1.165, 1.54) is 0 Å². The van der Waals surface area contributed by atoms with E-state index >= 15 is 0 Å². The highest BCUT2D eigenvalue weighted by Crippen LogP contribution is 2.29. The third-order valence-corrected chi connectivity index (χ3v) is 2.60. The van der Waals surface area contributed by atoms with Crippen molar-refractivity contribution in [1.82, 2.24) is 14.6 Å². The summed E-state index contributed by atoms with van der Waals surface area (Å²) < 4.78 is 43.7. The van der Waals surface area contributed by atoms with Crippen molar-refractivity contribution in [1.29, 1.82) is 0 Å². The van der Waals surface area contributed by atoms with Crippen LogP contribution in [-0.2, 0) is 10.9 Å². The second-order valence-corrected chi connectivity index (χ2v) is 3.97. The number of carbonyl (C=O) groups excluding carboxylic acids is 1. The van der Waals surface area contributed by atoms with Gasteiger partial charge in [-0.25, -0.2) is 14.3 Å². The molecule has 0 radical (unpaired) electrons. The van der Waals surface area contributed by atoms with Crippen molar-refractivity contribution >= 4 is 11.6 Å². The van der Waals surface area contributed by atoms with Crippen molar-refractivity contribution in [2.45, 2.75) is 20.0 Å². The summed E-state index contributed by atoms with van der Waals surface area (Å²) in [7, 11) is 0. The van der Waals surface area contributed by atoms with Gasteiger partial charge in [-0.1, -0.05) is 0 Å². The summed E-state index contributed by atoms with van der Waals surface area (Å²) >= 11 is 0. The molecule has 1 N–H and O–H groups in total. The average molecular weight is 289 g/mol. The second-order valence-electron chi connectivity index (χ2n) is 3.97. The monoisotopic (exact) mass is 289 g/mol. The lowest BCUT2D eigenvalue weighted by Crippen LogP contribution is -2.24. The molecule has 0 aliphatic carbocycles. The Morgan fingerprint density at radius 2 is 2.15 bits per heavy atom. The number of esters is 1. The van der Waals surface area contributed by atoms with Crippen LogP contribution in [0.5, 0.6) is 0 Å². The first-order valence-corrected chi connectivity index (χ1v) is 5.62. The highest BCUT2D eigenvalue weighted by molar-refractivity contribution is 5.88. The predicted molar refractivity (Wildman–Crippen MR) is 61.5 cm³/mol. The number of H-pyrrole nitrogens is 1. The largest absolute Gasteiger partial charge is 0.461 e. The first-order chi connectivity index (χ1) is 9.25. The van der Waals surface area contributed by atoms with Crippen molar-refractivity contribution in [3.05, 3.63) is 33.4 Å². The van der Waals surface area contributed by atoms with Crippen LogP contribution in [0.25, 0.3) is 5.65 Å². The maximum Gasteiger partial charge on any atom is 0.433 e. The Kier molecular flexibility index (Phi) is 3.28. The third-order valence-electron chi connectivity index (χ3n) is 2.60. The minimum Gasteiger partial charge on any atom is -0.461 e. The number of aromatic amines is 1. The maximum atomic E-state index is 12.7. The quantitative estimate of drug-likeness (QED) is 0.850. The van der Waals surface area contributed by atoms with Crippen LogP contribution in [-0.4, -0.2) is 27.2 Å². The lowest BCUT2D eigenvalue weighted by Gasteiger charge is -2.08. The highest BCUT2D eigenvalue weighted by Gasteiger charge is 2.36. The molecule has 0 aliphatic rings. The molecule has 2 heterocycles. The fourth-order valence-electron chi connectivity index (χ4n) is 1.70. The van der Waals surface area contributed by atoms with Crippen LogP contribution in [0, 0.1) is 6.92 Å². The lowest BCUT2D eigenvalue weighted by atomic mass is 10.2. The molecule has 0 bridgehead atoms. The number of ether oxygens (including phenoxy) is 1. The van der Waals surface area contributed by atoms with Crippen LogP contribution >= 0.6 is 0 Å². The number of hydrogen-bond donors (Lipinski definition) is 1. The molecule has 2 aromatic heterocycles.